The highest BCUT2D eigenvalue weighted by Crippen LogP contribution is 2.30. The van der Waals surface area contributed by atoms with E-state index in [-0.39, 0.29) is 24.5 Å². The van der Waals surface area contributed by atoms with Gasteiger partial charge in [0.05, 0.1) is 22.2 Å². The highest BCUT2D eigenvalue weighted by atomic mass is 16.5. The summed E-state index contributed by atoms with van der Waals surface area (Å²) in [4.78, 5) is 34.6. The van der Waals surface area contributed by atoms with E-state index in [1.165, 1.54) is 7.11 Å². The van der Waals surface area contributed by atoms with Gasteiger partial charge in [-0.05, 0) is 71.2 Å². The highest BCUT2D eigenvalue weighted by molar-refractivity contribution is 6.08. The molecule has 0 spiro atoms. The first kappa shape index (κ1) is 26.3. The van der Waals surface area contributed by atoms with E-state index in [0.29, 0.717) is 41.1 Å². The quantitative estimate of drug-likeness (QED) is 0.384. The van der Waals surface area contributed by atoms with Crippen molar-refractivity contribution in [2.45, 2.75) is 65.1 Å². The predicted molar refractivity (Wildman–Crippen MR) is 136 cm³/mol. The lowest BCUT2D eigenvalue weighted by Gasteiger charge is -2.19. The summed E-state index contributed by atoms with van der Waals surface area (Å²) < 4.78 is 6.90. The van der Waals surface area contributed by atoms with Crippen molar-refractivity contribution in [3.63, 3.8) is 0 Å². The number of fused-ring (bicyclic) bond motifs is 1. The summed E-state index contributed by atoms with van der Waals surface area (Å²) in [5.74, 6) is 0.129. The number of aromatic nitrogens is 3. The zero-order chi connectivity index (χ0) is 25.6. The first-order valence-electron chi connectivity index (χ1n) is 11.9. The Balaban J connectivity index is 2.00. The average Bonchev–Trinajstić information content (AvgIpc) is 3.16. The molecule has 1 aromatic carbocycles. The number of anilines is 1. The number of pyridine rings is 1. The Kier molecular flexibility index (Phi) is 8.58. The molecule has 9 heteroatoms. The fraction of sp³-hybridized carbons (Fsp3) is 0.462. The van der Waals surface area contributed by atoms with Gasteiger partial charge < -0.3 is 25.0 Å². The molecule has 0 bridgehead atoms. The molecule has 3 rings (SSSR count). The van der Waals surface area contributed by atoms with Crippen molar-refractivity contribution in [2.75, 3.05) is 19.0 Å². The molecule has 0 radical (unpaired) electrons. The Morgan fingerprint density at radius 1 is 1.29 bits per heavy atom. The molecule has 2 amide bonds. The fourth-order valence-corrected chi connectivity index (χ4v) is 4.08. The summed E-state index contributed by atoms with van der Waals surface area (Å²) in [6.07, 6.45) is 5.60. The van der Waals surface area contributed by atoms with E-state index in [1.54, 1.807) is 38.4 Å². The van der Waals surface area contributed by atoms with Crippen molar-refractivity contribution in [3.8, 4) is 11.4 Å². The minimum Gasteiger partial charge on any atom is -0.390 e. The molecule has 2 heterocycles. The molecule has 3 aromatic rings. The van der Waals surface area contributed by atoms with Gasteiger partial charge in [-0.15, -0.1) is 0 Å². The maximum Gasteiger partial charge on any atom is 0.253 e. The number of carbonyl (C=O) groups is 2. The van der Waals surface area contributed by atoms with Crippen molar-refractivity contribution >= 4 is 28.5 Å². The van der Waals surface area contributed by atoms with Crippen molar-refractivity contribution in [2.24, 2.45) is 0 Å². The Labute approximate surface area is 205 Å². The van der Waals surface area contributed by atoms with E-state index in [4.69, 9.17) is 9.72 Å². The number of nitrogens with one attached hydrogen (secondary N) is 2. The minimum atomic E-state index is -0.735. The third-order valence-electron chi connectivity index (χ3n) is 5.68. The topological polar surface area (TPSA) is 118 Å². The maximum atomic E-state index is 13.5. The molecule has 0 aliphatic rings. The number of aliphatic hydroxyl groups is 1. The summed E-state index contributed by atoms with van der Waals surface area (Å²) in [7, 11) is 1.45. The Morgan fingerprint density at radius 2 is 2.06 bits per heavy atom. The van der Waals surface area contributed by atoms with Gasteiger partial charge in [0.2, 0.25) is 5.91 Å². The maximum absolute atomic E-state index is 13.5. The van der Waals surface area contributed by atoms with Crippen LogP contribution in [-0.4, -0.2) is 56.8 Å². The SMILES string of the molecule is CCn1c(-c2cccnc2)nc2cc(NC(=O)COC)cc(C(=O)N[C@H](C)CCCC(C)(C)O)c21. The molecule has 0 saturated heterocycles. The van der Waals surface area contributed by atoms with Crippen LogP contribution in [0.25, 0.3) is 22.4 Å². The smallest absolute Gasteiger partial charge is 0.253 e. The first-order valence-corrected chi connectivity index (χ1v) is 11.9. The average molecular weight is 482 g/mol. The van der Waals surface area contributed by atoms with Gasteiger partial charge in [-0.2, -0.15) is 0 Å². The van der Waals surface area contributed by atoms with Crippen LogP contribution in [0.3, 0.4) is 0 Å². The minimum absolute atomic E-state index is 0.0950. The zero-order valence-electron chi connectivity index (χ0n) is 21.1. The molecule has 0 aliphatic heterocycles. The van der Waals surface area contributed by atoms with Crippen LogP contribution in [0.2, 0.25) is 0 Å². The molecule has 9 nitrogen and oxygen atoms in total. The largest absolute Gasteiger partial charge is 0.390 e. The van der Waals surface area contributed by atoms with E-state index in [0.717, 1.165) is 18.4 Å². The number of imidazole rings is 1. The second-order valence-electron chi connectivity index (χ2n) is 9.37. The van der Waals surface area contributed by atoms with Gasteiger partial charge in [-0.1, -0.05) is 0 Å². The Bertz CT molecular complexity index is 1170. The molecule has 2 aromatic heterocycles. The second kappa shape index (κ2) is 11.4. The number of nitrogens with zero attached hydrogens (tertiary/aromatic N) is 3. The number of hydrogen-bond donors (Lipinski definition) is 3. The van der Waals surface area contributed by atoms with E-state index >= 15 is 0 Å². The summed E-state index contributed by atoms with van der Waals surface area (Å²) >= 11 is 0. The number of ether oxygens (including phenoxy) is 1. The van der Waals surface area contributed by atoms with Gasteiger partial charge in [0.1, 0.15) is 12.4 Å². The molecule has 0 unspecified atom stereocenters. The number of rotatable bonds is 11. The number of hydrogen-bond acceptors (Lipinski definition) is 6. The molecule has 188 valence electrons. The highest BCUT2D eigenvalue weighted by Gasteiger charge is 2.22. The van der Waals surface area contributed by atoms with Crippen LogP contribution in [0.5, 0.6) is 0 Å². The van der Waals surface area contributed by atoms with Gasteiger partial charge >= 0.3 is 0 Å². The number of amides is 2. The lowest BCUT2D eigenvalue weighted by molar-refractivity contribution is -0.119. The number of methoxy groups -OCH3 is 1. The van der Waals surface area contributed by atoms with Crippen molar-refractivity contribution in [3.05, 3.63) is 42.2 Å². The number of carbonyl (C=O) groups excluding carboxylic acids is 2. The third-order valence-corrected chi connectivity index (χ3v) is 5.68. The Hall–Kier alpha value is -3.30. The summed E-state index contributed by atoms with van der Waals surface area (Å²) in [5.41, 5.74) is 2.29. The van der Waals surface area contributed by atoms with Crippen LogP contribution in [0, 0.1) is 0 Å². The number of aryl methyl sites for hydroxylation is 1. The molecule has 0 saturated carbocycles. The molecule has 1 atom stereocenters. The predicted octanol–water partition coefficient (Wildman–Crippen LogP) is 3.76. The van der Waals surface area contributed by atoms with Crippen molar-refractivity contribution < 1.29 is 19.4 Å². The van der Waals surface area contributed by atoms with E-state index in [9.17, 15) is 14.7 Å². The van der Waals surface area contributed by atoms with E-state index in [1.807, 2.05) is 30.5 Å². The van der Waals surface area contributed by atoms with Gasteiger partial charge in [0, 0.05) is 43.3 Å². The summed E-state index contributed by atoms with van der Waals surface area (Å²) in [5, 5.41) is 15.8. The summed E-state index contributed by atoms with van der Waals surface area (Å²) in [6, 6.07) is 7.11. The van der Waals surface area contributed by atoms with E-state index in [2.05, 4.69) is 15.6 Å². The molecule has 0 aliphatic carbocycles. The van der Waals surface area contributed by atoms with Crippen molar-refractivity contribution in [1.82, 2.24) is 19.9 Å². The molecular formula is C26H35N5O4. The zero-order valence-corrected chi connectivity index (χ0v) is 21.1. The molecule has 35 heavy (non-hydrogen) atoms. The lowest BCUT2D eigenvalue weighted by atomic mass is 9.99. The van der Waals surface area contributed by atoms with Crippen LogP contribution in [0.4, 0.5) is 5.69 Å². The lowest BCUT2D eigenvalue weighted by Crippen LogP contribution is -2.33. The third kappa shape index (κ3) is 6.86. The molecule has 3 N–H and O–H groups in total. The van der Waals surface area contributed by atoms with Crippen LogP contribution in [0.1, 0.15) is 57.3 Å². The van der Waals surface area contributed by atoms with E-state index < -0.39 is 5.60 Å². The monoisotopic (exact) mass is 481 g/mol. The van der Waals surface area contributed by atoms with Crippen LogP contribution in [-0.2, 0) is 16.1 Å². The van der Waals surface area contributed by atoms with Crippen LogP contribution in [0.15, 0.2) is 36.7 Å². The van der Waals surface area contributed by atoms with Gasteiger partial charge in [-0.25, -0.2) is 4.98 Å². The van der Waals surface area contributed by atoms with Crippen molar-refractivity contribution in [1.29, 1.82) is 0 Å². The standard InChI is InChI=1S/C26H35N5O4/c1-6-31-23-20(25(33)28-17(2)9-7-11-26(3,4)34)13-19(29-22(32)16-35-5)14-21(23)30-24(31)18-10-8-12-27-15-18/h8,10,12-15,17,34H,6-7,9,11,16H2,1-5H3,(H,28,33)(H,29,32)/t17-/m1/s1. The number of benzene rings is 1. The van der Waals surface area contributed by atoms with Crippen LogP contribution >= 0.6 is 0 Å². The molecule has 0 fully saturated rings. The van der Waals surface area contributed by atoms with Gasteiger partial charge in [-0.3, -0.25) is 14.6 Å². The Morgan fingerprint density at radius 3 is 2.69 bits per heavy atom. The summed E-state index contributed by atoms with van der Waals surface area (Å²) in [6.45, 7) is 8.00. The fourth-order valence-electron chi connectivity index (χ4n) is 4.08. The normalized spacial score (nSPS) is 12.5. The van der Waals surface area contributed by atoms with Gasteiger partial charge in [0.25, 0.3) is 5.91 Å². The second-order valence-corrected chi connectivity index (χ2v) is 9.37. The molecular weight excluding hydrogens is 446 g/mol. The van der Waals surface area contributed by atoms with Gasteiger partial charge in [0.15, 0.2) is 0 Å². The van der Waals surface area contributed by atoms with Crippen LogP contribution < -0.4 is 10.6 Å². The first-order chi connectivity index (χ1) is 16.6.